The summed E-state index contributed by atoms with van der Waals surface area (Å²) in [6, 6.07) is 12.0. The molecule has 2 aromatic rings. The highest BCUT2D eigenvalue weighted by Crippen LogP contribution is 2.31. The van der Waals surface area contributed by atoms with E-state index < -0.39 is 0 Å². The summed E-state index contributed by atoms with van der Waals surface area (Å²) in [5, 5.41) is 18.5. The van der Waals surface area contributed by atoms with Gasteiger partial charge in [0.05, 0.1) is 11.8 Å². The van der Waals surface area contributed by atoms with Gasteiger partial charge in [0.2, 0.25) is 0 Å². The molecule has 0 atom stereocenters. The summed E-state index contributed by atoms with van der Waals surface area (Å²) in [6.07, 6.45) is 2.25. The molecule has 0 saturated heterocycles. The molecule has 6 nitrogen and oxygen atoms in total. The number of benzene rings is 2. The van der Waals surface area contributed by atoms with Gasteiger partial charge in [0.1, 0.15) is 23.0 Å². The minimum Gasteiger partial charge on any atom is -0.508 e. The van der Waals surface area contributed by atoms with Crippen molar-refractivity contribution in [3.05, 3.63) is 48.5 Å². The molecule has 2 N–H and O–H groups in total. The Balaban J connectivity index is 1.48. The van der Waals surface area contributed by atoms with Crippen LogP contribution in [0.3, 0.4) is 0 Å². The first-order valence-electron chi connectivity index (χ1n) is 8.53. The van der Waals surface area contributed by atoms with Gasteiger partial charge in [-0.25, -0.2) is 0 Å². The topological polar surface area (TPSA) is 93.1 Å². The van der Waals surface area contributed by atoms with Crippen molar-refractivity contribution in [2.24, 2.45) is 11.8 Å². The number of hydrogen-bond acceptors (Lipinski definition) is 6. The van der Waals surface area contributed by atoms with Gasteiger partial charge in [-0.05, 0) is 74.2 Å². The highest BCUT2D eigenvalue weighted by molar-refractivity contribution is 5.77. The minimum absolute atomic E-state index is 0.109. The van der Waals surface area contributed by atoms with E-state index in [0.29, 0.717) is 37.2 Å². The number of ether oxygens (including phenoxy) is 2. The Kier molecular flexibility index (Phi) is 5.41. The van der Waals surface area contributed by atoms with Gasteiger partial charge in [-0.3, -0.25) is 9.59 Å². The molecule has 0 unspecified atom stereocenters. The smallest absolute Gasteiger partial charge is 0.314 e. The van der Waals surface area contributed by atoms with E-state index in [2.05, 4.69) is 0 Å². The first-order chi connectivity index (χ1) is 12.5. The zero-order valence-corrected chi connectivity index (χ0v) is 14.1. The third kappa shape index (κ3) is 4.53. The summed E-state index contributed by atoms with van der Waals surface area (Å²) in [5.41, 5.74) is 0. The number of carbonyl (C=O) groups excluding carboxylic acids is 2. The summed E-state index contributed by atoms with van der Waals surface area (Å²) in [4.78, 5) is 24.5. The van der Waals surface area contributed by atoms with Crippen molar-refractivity contribution in [2.45, 2.75) is 25.7 Å². The van der Waals surface area contributed by atoms with Gasteiger partial charge in [0, 0.05) is 0 Å². The number of esters is 2. The second-order valence-electron chi connectivity index (χ2n) is 6.38. The lowest BCUT2D eigenvalue weighted by Crippen LogP contribution is -2.30. The molecule has 1 aliphatic rings. The molecule has 0 radical (unpaired) electrons. The van der Waals surface area contributed by atoms with Crippen molar-refractivity contribution in [1.82, 2.24) is 0 Å². The number of hydrogen-bond donors (Lipinski definition) is 2. The number of phenols is 2. The fourth-order valence-corrected chi connectivity index (χ4v) is 2.99. The molecule has 3 rings (SSSR count). The molecular weight excluding hydrogens is 336 g/mol. The summed E-state index contributed by atoms with van der Waals surface area (Å²) < 4.78 is 10.6. The molecule has 0 amide bonds. The Morgan fingerprint density at radius 3 is 1.27 bits per heavy atom. The summed E-state index contributed by atoms with van der Waals surface area (Å²) in [7, 11) is 0. The highest BCUT2D eigenvalue weighted by atomic mass is 16.5. The predicted octanol–water partition coefficient (Wildman–Crippen LogP) is 3.42. The van der Waals surface area contributed by atoms with E-state index in [0.717, 1.165) is 0 Å². The maximum absolute atomic E-state index is 12.2. The van der Waals surface area contributed by atoms with E-state index in [1.165, 1.54) is 48.5 Å². The Morgan fingerprint density at radius 1 is 0.654 bits per heavy atom. The van der Waals surface area contributed by atoms with Crippen LogP contribution >= 0.6 is 0 Å². The second-order valence-corrected chi connectivity index (χ2v) is 6.38. The molecule has 1 saturated carbocycles. The monoisotopic (exact) mass is 356 g/mol. The van der Waals surface area contributed by atoms with Gasteiger partial charge in [-0.1, -0.05) is 0 Å². The third-order valence-corrected chi connectivity index (χ3v) is 4.50. The van der Waals surface area contributed by atoms with E-state index in [9.17, 15) is 19.8 Å². The average Bonchev–Trinajstić information content (AvgIpc) is 2.65. The Hall–Kier alpha value is -3.02. The quantitative estimate of drug-likeness (QED) is 0.644. The molecular formula is C20H20O6. The van der Waals surface area contributed by atoms with E-state index in [1.807, 2.05) is 0 Å². The van der Waals surface area contributed by atoms with Crippen molar-refractivity contribution >= 4 is 11.9 Å². The normalized spacial score (nSPS) is 19.5. The zero-order valence-electron chi connectivity index (χ0n) is 14.1. The van der Waals surface area contributed by atoms with Gasteiger partial charge in [0.15, 0.2) is 0 Å². The van der Waals surface area contributed by atoms with Crippen molar-refractivity contribution in [3.8, 4) is 23.0 Å². The average molecular weight is 356 g/mol. The van der Waals surface area contributed by atoms with Crippen LogP contribution in [0.15, 0.2) is 48.5 Å². The first-order valence-corrected chi connectivity index (χ1v) is 8.53. The van der Waals surface area contributed by atoms with Crippen LogP contribution in [0.2, 0.25) is 0 Å². The Morgan fingerprint density at radius 2 is 0.962 bits per heavy atom. The Bertz CT molecular complexity index is 690. The van der Waals surface area contributed by atoms with Crippen LogP contribution in [0, 0.1) is 11.8 Å². The summed E-state index contributed by atoms with van der Waals surface area (Å²) in [5.74, 6) is -0.136. The van der Waals surface area contributed by atoms with Crippen LogP contribution < -0.4 is 9.47 Å². The van der Waals surface area contributed by atoms with Crippen molar-refractivity contribution < 1.29 is 29.3 Å². The summed E-state index contributed by atoms with van der Waals surface area (Å²) in [6.45, 7) is 0. The van der Waals surface area contributed by atoms with Crippen LogP contribution in [0.25, 0.3) is 0 Å². The van der Waals surface area contributed by atoms with Crippen molar-refractivity contribution in [3.63, 3.8) is 0 Å². The number of aromatic hydroxyl groups is 2. The van der Waals surface area contributed by atoms with Gasteiger partial charge < -0.3 is 19.7 Å². The number of phenolic OH excluding ortho intramolecular Hbond substituents is 2. The largest absolute Gasteiger partial charge is 0.508 e. The van der Waals surface area contributed by atoms with Crippen LogP contribution in [-0.2, 0) is 9.59 Å². The molecule has 0 heterocycles. The van der Waals surface area contributed by atoms with Gasteiger partial charge in [-0.15, -0.1) is 0 Å². The molecule has 2 aromatic carbocycles. The third-order valence-electron chi connectivity index (χ3n) is 4.50. The highest BCUT2D eigenvalue weighted by Gasteiger charge is 2.32. The predicted molar refractivity (Wildman–Crippen MR) is 92.9 cm³/mol. The molecule has 0 aromatic heterocycles. The second kappa shape index (κ2) is 7.91. The van der Waals surface area contributed by atoms with Crippen LogP contribution in [-0.4, -0.2) is 22.2 Å². The van der Waals surface area contributed by atoms with Gasteiger partial charge in [-0.2, -0.15) is 0 Å². The van der Waals surface area contributed by atoms with Crippen molar-refractivity contribution in [1.29, 1.82) is 0 Å². The fraction of sp³-hybridized carbons (Fsp3) is 0.300. The molecule has 26 heavy (non-hydrogen) atoms. The first kappa shape index (κ1) is 17.8. The summed E-state index contributed by atoms with van der Waals surface area (Å²) >= 11 is 0. The van der Waals surface area contributed by atoms with E-state index in [4.69, 9.17) is 9.47 Å². The minimum atomic E-state index is -0.318. The zero-order chi connectivity index (χ0) is 18.5. The Labute approximate surface area is 151 Å². The standard InChI is InChI=1S/C20H20O6/c21-15-5-9-17(10-6-15)25-19(23)13-1-2-14(4-3-13)20(24)26-18-11-7-16(22)8-12-18/h5-14,21-22H,1-4H2/t13-,14-. The van der Waals surface area contributed by atoms with Gasteiger partial charge >= 0.3 is 11.9 Å². The van der Waals surface area contributed by atoms with Gasteiger partial charge in [0.25, 0.3) is 0 Å². The van der Waals surface area contributed by atoms with E-state index >= 15 is 0 Å². The lowest BCUT2D eigenvalue weighted by Gasteiger charge is -2.25. The maximum atomic E-state index is 12.2. The van der Waals surface area contributed by atoms with E-state index in [1.54, 1.807) is 0 Å². The number of rotatable bonds is 4. The maximum Gasteiger partial charge on any atom is 0.314 e. The van der Waals surface area contributed by atoms with Crippen LogP contribution in [0.1, 0.15) is 25.7 Å². The van der Waals surface area contributed by atoms with Crippen molar-refractivity contribution in [2.75, 3.05) is 0 Å². The van der Waals surface area contributed by atoms with E-state index in [-0.39, 0.29) is 35.3 Å². The molecule has 0 bridgehead atoms. The molecule has 1 aliphatic carbocycles. The lowest BCUT2D eigenvalue weighted by molar-refractivity contribution is -0.145. The molecule has 1 fully saturated rings. The van der Waals surface area contributed by atoms with Crippen LogP contribution in [0.4, 0.5) is 0 Å². The van der Waals surface area contributed by atoms with Crippen LogP contribution in [0.5, 0.6) is 23.0 Å². The fourth-order valence-electron chi connectivity index (χ4n) is 2.99. The number of carbonyl (C=O) groups is 2. The molecule has 0 spiro atoms. The lowest BCUT2D eigenvalue weighted by atomic mass is 9.82. The molecule has 6 heteroatoms. The molecule has 136 valence electrons. The molecule has 0 aliphatic heterocycles. The SMILES string of the molecule is O=C(Oc1ccc(O)cc1)[C@H]1CC[C@H](C(=O)Oc2ccc(O)cc2)CC1.